The summed E-state index contributed by atoms with van der Waals surface area (Å²) in [5.74, 6) is 1.83. The monoisotopic (exact) mass is 263 g/mol. The summed E-state index contributed by atoms with van der Waals surface area (Å²) >= 11 is 1.74. The van der Waals surface area contributed by atoms with Gasteiger partial charge in [0, 0.05) is 11.8 Å². The SMILES string of the molecule is CCSCC(N)Cc1ccc(C(F)(F)F)cc1. The summed E-state index contributed by atoms with van der Waals surface area (Å²) in [7, 11) is 0. The van der Waals surface area contributed by atoms with Gasteiger partial charge in [0.15, 0.2) is 0 Å². The molecule has 1 unspecified atom stereocenters. The molecule has 0 spiro atoms. The lowest BCUT2D eigenvalue weighted by molar-refractivity contribution is -0.137. The fraction of sp³-hybridized carbons (Fsp3) is 0.500. The molecule has 1 atom stereocenters. The Bertz CT molecular complexity index is 335. The Morgan fingerprint density at radius 1 is 1.24 bits per heavy atom. The van der Waals surface area contributed by atoms with E-state index in [-0.39, 0.29) is 6.04 Å². The highest BCUT2D eigenvalue weighted by atomic mass is 32.2. The van der Waals surface area contributed by atoms with Crippen LogP contribution in [0.2, 0.25) is 0 Å². The minimum absolute atomic E-state index is 0.00307. The second-order valence-electron chi connectivity index (χ2n) is 3.82. The van der Waals surface area contributed by atoms with Crippen LogP contribution in [0.4, 0.5) is 13.2 Å². The number of alkyl halides is 3. The number of rotatable bonds is 5. The molecule has 0 saturated carbocycles. The Morgan fingerprint density at radius 3 is 2.29 bits per heavy atom. The topological polar surface area (TPSA) is 26.0 Å². The van der Waals surface area contributed by atoms with E-state index in [0.29, 0.717) is 6.42 Å². The van der Waals surface area contributed by atoms with E-state index in [0.717, 1.165) is 29.2 Å². The van der Waals surface area contributed by atoms with E-state index < -0.39 is 11.7 Å². The van der Waals surface area contributed by atoms with E-state index in [1.54, 1.807) is 11.8 Å². The fourth-order valence-corrected chi connectivity index (χ4v) is 2.12. The Kier molecular flexibility index (Phi) is 5.33. The predicted molar refractivity (Wildman–Crippen MR) is 66.1 cm³/mol. The molecular weight excluding hydrogens is 247 g/mol. The molecule has 0 radical (unpaired) electrons. The number of hydrogen-bond acceptors (Lipinski definition) is 2. The first kappa shape index (κ1) is 14.4. The van der Waals surface area contributed by atoms with Gasteiger partial charge in [0.2, 0.25) is 0 Å². The molecular formula is C12H16F3NS. The summed E-state index contributed by atoms with van der Waals surface area (Å²) in [5.41, 5.74) is 6.11. The zero-order chi connectivity index (χ0) is 12.9. The zero-order valence-electron chi connectivity index (χ0n) is 9.63. The molecule has 1 nitrogen and oxygen atoms in total. The number of nitrogens with two attached hydrogens (primary N) is 1. The first-order chi connectivity index (χ1) is 7.93. The van der Waals surface area contributed by atoms with Crippen molar-refractivity contribution in [2.45, 2.75) is 25.6 Å². The van der Waals surface area contributed by atoms with Crippen LogP contribution < -0.4 is 5.73 Å². The van der Waals surface area contributed by atoms with Crippen LogP contribution in [0.1, 0.15) is 18.1 Å². The smallest absolute Gasteiger partial charge is 0.327 e. The maximum atomic E-state index is 12.3. The Balaban J connectivity index is 2.56. The third-order valence-electron chi connectivity index (χ3n) is 2.32. The van der Waals surface area contributed by atoms with E-state index in [1.165, 1.54) is 12.1 Å². The molecule has 0 aliphatic heterocycles. The summed E-state index contributed by atoms with van der Waals surface area (Å²) in [4.78, 5) is 0. The summed E-state index contributed by atoms with van der Waals surface area (Å²) in [5, 5.41) is 0. The van der Waals surface area contributed by atoms with Gasteiger partial charge in [0.05, 0.1) is 5.56 Å². The molecule has 0 aromatic heterocycles. The average molecular weight is 263 g/mol. The third kappa shape index (κ3) is 5.00. The fourth-order valence-electron chi connectivity index (χ4n) is 1.46. The van der Waals surface area contributed by atoms with Crippen LogP contribution in [0.15, 0.2) is 24.3 Å². The van der Waals surface area contributed by atoms with Gasteiger partial charge in [-0.1, -0.05) is 19.1 Å². The van der Waals surface area contributed by atoms with Crippen molar-refractivity contribution in [1.29, 1.82) is 0 Å². The molecule has 1 aromatic carbocycles. The third-order valence-corrected chi connectivity index (χ3v) is 3.39. The van der Waals surface area contributed by atoms with E-state index in [4.69, 9.17) is 5.73 Å². The van der Waals surface area contributed by atoms with E-state index in [1.807, 2.05) is 0 Å². The molecule has 0 bridgehead atoms. The molecule has 5 heteroatoms. The van der Waals surface area contributed by atoms with Crippen molar-refractivity contribution in [3.05, 3.63) is 35.4 Å². The quantitative estimate of drug-likeness (QED) is 0.881. The average Bonchev–Trinajstić information content (AvgIpc) is 2.26. The lowest BCUT2D eigenvalue weighted by Gasteiger charge is -2.12. The van der Waals surface area contributed by atoms with E-state index in [2.05, 4.69) is 6.92 Å². The lowest BCUT2D eigenvalue weighted by Crippen LogP contribution is -2.25. The van der Waals surface area contributed by atoms with Crippen LogP contribution in [0, 0.1) is 0 Å². The highest BCUT2D eigenvalue weighted by Gasteiger charge is 2.29. The van der Waals surface area contributed by atoms with Gasteiger partial charge in [-0.25, -0.2) is 0 Å². The molecule has 0 aliphatic carbocycles. The molecule has 0 heterocycles. The van der Waals surface area contributed by atoms with Crippen LogP contribution in [0.5, 0.6) is 0 Å². The minimum Gasteiger partial charge on any atom is -0.327 e. The Hall–Kier alpha value is -0.680. The van der Waals surface area contributed by atoms with Gasteiger partial charge in [0.1, 0.15) is 0 Å². The van der Waals surface area contributed by atoms with Gasteiger partial charge in [0.25, 0.3) is 0 Å². The lowest BCUT2D eigenvalue weighted by atomic mass is 10.1. The molecule has 0 aliphatic rings. The van der Waals surface area contributed by atoms with Crippen molar-refractivity contribution in [3.63, 3.8) is 0 Å². The van der Waals surface area contributed by atoms with Gasteiger partial charge in [-0.05, 0) is 29.9 Å². The maximum Gasteiger partial charge on any atom is 0.416 e. The largest absolute Gasteiger partial charge is 0.416 e. The van der Waals surface area contributed by atoms with Gasteiger partial charge < -0.3 is 5.73 Å². The molecule has 0 fully saturated rings. The van der Waals surface area contributed by atoms with Crippen molar-refractivity contribution in [2.24, 2.45) is 5.73 Å². The van der Waals surface area contributed by atoms with Crippen molar-refractivity contribution in [2.75, 3.05) is 11.5 Å². The van der Waals surface area contributed by atoms with Crippen LogP contribution in [-0.4, -0.2) is 17.5 Å². The molecule has 1 rings (SSSR count). The molecule has 96 valence electrons. The van der Waals surface area contributed by atoms with Crippen molar-refractivity contribution in [3.8, 4) is 0 Å². The number of hydrogen-bond donors (Lipinski definition) is 1. The normalized spacial score (nSPS) is 13.7. The predicted octanol–water partition coefficient (Wildman–Crippen LogP) is 3.33. The van der Waals surface area contributed by atoms with E-state index >= 15 is 0 Å². The second kappa shape index (κ2) is 6.31. The second-order valence-corrected chi connectivity index (χ2v) is 5.14. The molecule has 1 aromatic rings. The highest BCUT2D eigenvalue weighted by molar-refractivity contribution is 7.99. The number of thioether (sulfide) groups is 1. The first-order valence-electron chi connectivity index (χ1n) is 5.43. The van der Waals surface area contributed by atoms with Gasteiger partial charge >= 0.3 is 6.18 Å². The summed E-state index contributed by atoms with van der Waals surface area (Å²) < 4.78 is 37.0. The maximum absolute atomic E-state index is 12.3. The van der Waals surface area contributed by atoms with Gasteiger partial charge in [-0.2, -0.15) is 24.9 Å². The molecule has 0 amide bonds. The van der Waals surface area contributed by atoms with Crippen LogP contribution >= 0.6 is 11.8 Å². The minimum atomic E-state index is -4.27. The Labute approximate surface area is 104 Å². The highest BCUT2D eigenvalue weighted by Crippen LogP contribution is 2.29. The Morgan fingerprint density at radius 2 is 1.82 bits per heavy atom. The van der Waals surface area contributed by atoms with Crippen molar-refractivity contribution >= 4 is 11.8 Å². The standard InChI is InChI=1S/C12H16F3NS/c1-2-17-8-11(16)7-9-3-5-10(6-4-9)12(13,14)15/h3-6,11H,2,7-8,16H2,1H3. The number of benzene rings is 1. The van der Waals surface area contributed by atoms with Crippen LogP contribution in [0.25, 0.3) is 0 Å². The summed E-state index contributed by atoms with van der Waals surface area (Å²) in [6.07, 6.45) is -3.65. The molecule has 2 N–H and O–H groups in total. The van der Waals surface area contributed by atoms with Crippen molar-refractivity contribution < 1.29 is 13.2 Å². The first-order valence-corrected chi connectivity index (χ1v) is 6.58. The van der Waals surface area contributed by atoms with Gasteiger partial charge in [-0.15, -0.1) is 0 Å². The van der Waals surface area contributed by atoms with Crippen LogP contribution in [-0.2, 0) is 12.6 Å². The zero-order valence-corrected chi connectivity index (χ0v) is 10.4. The van der Waals surface area contributed by atoms with Gasteiger partial charge in [-0.3, -0.25) is 0 Å². The van der Waals surface area contributed by atoms with Crippen molar-refractivity contribution in [1.82, 2.24) is 0 Å². The summed E-state index contributed by atoms with van der Waals surface area (Å²) in [6.45, 7) is 2.05. The van der Waals surface area contributed by atoms with E-state index in [9.17, 15) is 13.2 Å². The molecule has 0 saturated heterocycles. The molecule has 17 heavy (non-hydrogen) atoms. The summed E-state index contributed by atoms with van der Waals surface area (Å²) in [6, 6.07) is 5.21. The number of halogens is 3. The van der Waals surface area contributed by atoms with Crippen LogP contribution in [0.3, 0.4) is 0 Å².